The number of hydrogen-bond acceptors (Lipinski definition) is 5. The van der Waals surface area contributed by atoms with Gasteiger partial charge in [0.15, 0.2) is 5.82 Å². The number of aliphatic hydroxyl groups is 1. The third kappa shape index (κ3) is 3.85. The molecule has 1 heterocycles. The highest BCUT2D eigenvalue weighted by molar-refractivity contribution is 6.33. The molecule has 1 aliphatic rings. The van der Waals surface area contributed by atoms with Crippen LogP contribution in [-0.2, 0) is 13.0 Å². The summed E-state index contributed by atoms with van der Waals surface area (Å²) in [6.07, 6.45) is 4.93. The number of hydrogen-bond donors (Lipinski definition) is 2. The molecule has 1 aromatic heterocycles. The van der Waals surface area contributed by atoms with Gasteiger partial charge < -0.3 is 14.9 Å². The Balaban J connectivity index is 1.59. The fraction of sp³-hybridized carbons (Fsp3) is 0.529. The summed E-state index contributed by atoms with van der Waals surface area (Å²) in [6, 6.07) is 5.96. The highest BCUT2D eigenvalue weighted by atomic mass is 35.5. The molecule has 23 heavy (non-hydrogen) atoms. The SMILES string of the molecule is CCc1noc(C2CCC(Nc3cc(CO)ccc3Cl)CC2)n1. The predicted octanol–water partition coefficient (Wildman–Crippen LogP) is 3.92. The number of aryl methyl sites for hydroxylation is 1. The van der Waals surface area contributed by atoms with E-state index in [1.807, 2.05) is 25.1 Å². The molecule has 3 rings (SSSR count). The number of aromatic nitrogens is 2. The van der Waals surface area contributed by atoms with Crippen molar-refractivity contribution in [3.05, 3.63) is 40.5 Å². The molecule has 0 amide bonds. The number of aliphatic hydroxyl groups excluding tert-OH is 1. The Labute approximate surface area is 141 Å². The van der Waals surface area contributed by atoms with E-state index >= 15 is 0 Å². The third-order valence-corrected chi connectivity index (χ3v) is 4.78. The molecule has 1 aromatic carbocycles. The van der Waals surface area contributed by atoms with E-state index in [-0.39, 0.29) is 6.61 Å². The maximum atomic E-state index is 9.25. The van der Waals surface area contributed by atoms with Gasteiger partial charge in [0.25, 0.3) is 0 Å². The Hall–Kier alpha value is -1.59. The van der Waals surface area contributed by atoms with Gasteiger partial charge in [0.05, 0.1) is 17.3 Å². The molecular weight excluding hydrogens is 314 g/mol. The fourth-order valence-electron chi connectivity index (χ4n) is 3.06. The summed E-state index contributed by atoms with van der Waals surface area (Å²) in [5.74, 6) is 1.92. The molecule has 0 atom stereocenters. The minimum Gasteiger partial charge on any atom is -0.392 e. The van der Waals surface area contributed by atoms with Crippen molar-refractivity contribution in [1.82, 2.24) is 10.1 Å². The predicted molar refractivity (Wildman–Crippen MR) is 89.7 cm³/mol. The lowest BCUT2D eigenvalue weighted by atomic mass is 9.86. The van der Waals surface area contributed by atoms with Crippen LogP contribution in [-0.4, -0.2) is 21.3 Å². The van der Waals surface area contributed by atoms with Gasteiger partial charge in [0, 0.05) is 18.4 Å². The topological polar surface area (TPSA) is 71.2 Å². The summed E-state index contributed by atoms with van der Waals surface area (Å²) in [5.41, 5.74) is 1.76. The molecule has 0 spiro atoms. The maximum Gasteiger partial charge on any atom is 0.229 e. The molecule has 0 aliphatic heterocycles. The highest BCUT2D eigenvalue weighted by Crippen LogP contribution is 2.34. The number of anilines is 1. The fourth-order valence-corrected chi connectivity index (χ4v) is 3.24. The summed E-state index contributed by atoms with van der Waals surface area (Å²) in [7, 11) is 0. The van der Waals surface area contributed by atoms with E-state index in [0.717, 1.165) is 55.1 Å². The first-order valence-electron chi connectivity index (χ1n) is 8.18. The van der Waals surface area contributed by atoms with Crippen LogP contribution in [0.5, 0.6) is 0 Å². The second-order valence-corrected chi connectivity index (χ2v) is 6.47. The lowest BCUT2D eigenvalue weighted by molar-refractivity contribution is 0.282. The molecule has 1 fully saturated rings. The lowest BCUT2D eigenvalue weighted by Crippen LogP contribution is -2.25. The van der Waals surface area contributed by atoms with E-state index in [9.17, 15) is 5.11 Å². The second-order valence-electron chi connectivity index (χ2n) is 6.07. The van der Waals surface area contributed by atoms with Crippen molar-refractivity contribution in [3.8, 4) is 0 Å². The van der Waals surface area contributed by atoms with Gasteiger partial charge in [-0.3, -0.25) is 0 Å². The average Bonchev–Trinajstić information content (AvgIpc) is 3.06. The Kier molecular flexibility index (Phi) is 5.18. The van der Waals surface area contributed by atoms with Crippen molar-refractivity contribution in [2.45, 2.75) is 57.6 Å². The zero-order chi connectivity index (χ0) is 16.2. The molecule has 5 nitrogen and oxygen atoms in total. The first kappa shape index (κ1) is 16.3. The number of benzene rings is 1. The zero-order valence-electron chi connectivity index (χ0n) is 13.3. The van der Waals surface area contributed by atoms with Gasteiger partial charge >= 0.3 is 0 Å². The molecule has 2 aromatic rings. The summed E-state index contributed by atoms with van der Waals surface area (Å²) >= 11 is 6.24. The van der Waals surface area contributed by atoms with E-state index in [2.05, 4.69) is 15.5 Å². The van der Waals surface area contributed by atoms with E-state index in [1.165, 1.54) is 0 Å². The standard InChI is InChI=1S/C17H22ClN3O2/c1-2-16-20-17(23-21-16)12-4-6-13(7-5-12)19-15-9-11(10-22)3-8-14(15)18/h3,8-9,12-13,19,22H,2,4-7,10H2,1H3. The van der Waals surface area contributed by atoms with Crippen LogP contribution in [0.25, 0.3) is 0 Å². The monoisotopic (exact) mass is 335 g/mol. The molecule has 0 radical (unpaired) electrons. The van der Waals surface area contributed by atoms with Crippen LogP contribution in [0.15, 0.2) is 22.7 Å². The molecule has 2 N–H and O–H groups in total. The van der Waals surface area contributed by atoms with E-state index in [1.54, 1.807) is 0 Å². The summed E-state index contributed by atoms with van der Waals surface area (Å²) < 4.78 is 5.37. The molecule has 1 saturated carbocycles. The number of nitrogens with one attached hydrogen (secondary N) is 1. The van der Waals surface area contributed by atoms with E-state index in [0.29, 0.717) is 17.0 Å². The number of nitrogens with zero attached hydrogens (tertiary/aromatic N) is 2. The van der Waals surface area contributed by atoms with Crippen LogP contribution < -0.4 is 5.32 Å². The Morgan fingerprint density at radius 3 is 2.74 bits per heavy atom. The Morgan fingerprint density at radius 1 is 1.30 bits per heavy atom. The summed E-state index contributed by atoms with van der Waals surface area (Å²) in [6.45, 7) is 2.05. The molecule has 0 bridgehead atoms. The summed E-state index contributed by atoms with van der Waals surface area (Å²) in [4.78, 5) is 4.45. The van der Waals surface area contributed by atoms with Gasteiger partial charge in [-0.05, 0) is 43.4 Å². The van der Waals surface area contributed by atoms with Crippen molar-refractivity contribution in [2.75, 3.05) is 5.32 Å². The van der Waals surface area contributed by atoms with Crippen LogP contribution in [0.3, 0.4) is 0 Å². The van der Waals surface area contributed by atoms with Crippen LogP contribution in [0.2, 0.25) is 5.02 Å². The van der Waals surface area contributed by atoms with Crippen molar-refractivity contribution < 1.29 is 9.63 Å². The van der Waals surface area contributed by atoms with Crippen LogP contribution in [0, 0.1) is 0 Å². The van der Waals surface area contributed by atoms with Gasteiger partial charge in [0.2, 0.25) is 5.89 Å². The summed E-state index contributed by atoms with van der Waals surface area (Å²) in [5, 5.41) is 17.4. The highest BCUT2D eigenvalue weighted by Gasteiger charge is 2.26. The van der Waals surface area contributed by atoms with Crippen LogP contribution >= 0.6 is 11.6 Å². The normalized spacial score (nSPS) is 21.3. The lowest BCUT2D eigenvalue weighted by Gasteiger charge is -2.28. The van der Waals surface area contributed by atoms with Gasteiger partial charge in [-0.2, -0.15) is 4.98 Å². The first-order chi connectivity index (χ1) is 11.2. The maximum absolute atomic E-state index is 9.25. The van der Waals surface area contributed by atoms with E-state index < -0.39 is 0 Å². The Bertz CT molecular complexity index is 651. The minimum atomic E-state index is 0.0233. The average molecular weight is 336 g/mol. The molecule has 6 heteroatoms. The van der Waals surface area contributed by atoms with Crippen molar-refractivity contribution >= 4 is 17.3 Å². The molecule has 1 aliphatic carbocycles. The molecule has 0 unspecified atom stereocenters. The first-order valence-corrected chi connectivity index (χ1v) is 8.55. The molecule has 0 saturated heterocycles. The van der Waals surface area contributed by atoms with Gasteiger partial charge in [-0.25, -0.2) is 0 Å². The van der Waals surface area contributed by atoms with Gasteiger partial charge in [0.1, 0.15) is 0 Å². The van der Waals surface area contributed by atoms with Gasteiger partial charge in [-0.1, -0.05) is 29.7 Å². The number of halogens is 1. The minimum absolute atomic E-state index is 0.0233. The quantitative estimate of drug-likeness (QED) is 0.866. The van der Waals surface area contributed by atoms with Gasteiger partial charge in [-0.15, -0.1) is 0 Å². The van der Waals surface area contributed by atoms with Crippen LogP contribution in [0.1, 0.15) is 55.8 Å². The van der Waals surface area contributed by atoms with Crippen LogP contribution in [0.4, 0.5) is 5.69 Å². The van der Waals surface area contributed by atoms with Crippen molar-refractivity contribution in [1.29, 1.82) is 0 Å². The van der Waals surface area contributed by atoms with Crippen molar-refractivity contribution in [2.24, 2.45) is 0 Å². The number of rotatable bonds is 5. The molecule has 124 valence electrons. The second kappa shape index (κ2) is 7.32. The van der Waals surface area contributed by atoms with E-state index in [4.69, 9.17) is 16.1 Å². The third-order valence-electron chi connectivity index (χ3n) is 4.45. The largest absolute Gasteiger partial charge is 0.392 e. The zero-order valence-corrected chi connectivity index (χ0v) is 14.0. The molecular formula is C17H22ClN3O2. The van der Waals surface area contributed by atoms with Crippen molar-refractivity contribution in [3.63, 3.8) is 0 Å². The Morgan fingerprint density at radius 2 is 2.09 bits per heavy atom. The smallest absolute Gasteiger partial charge is 0.229 e.